The largest absolute Gasteiger partial charge is 0.507 e. The molecule has 0 aliphatic carbocycles. The summed E-state index contributed by atoms with van der Waals surface area (Å²) in [6, 6.07) is 7.88. The summed E-state index contributed by atoms with van der Waals surface area (Å²) in [4.78, 5) is 32.9. The molecule has 1 amide bonds. The molecule has 2 heterocycles. The smallest absolute Gasteiger partial charge is 0.295 e. The highest BCUT2D eigenvalue weighted by atomic mass is 19.1. The van der Waals surface area contributed by atoms with Crippen LogP contribution >= 0.6 is 0 Å². The summed E-state index contributed by atoms with van der Waals surface area (Å²) in [5.41, 5.74) is 0.974. The summed E-state index contributed by atoms with van der Waals surface area (Å²) in [6.07, 6.45) is 3.83. The number of hydrogen-bond donors (Lipinski definition) is 1. The number of halogens is 1. The molecule has 0 bridgehead atoms. The number of likely N-dealkylation sites (tertiary alicyclic amines) is 1. The van der Waals surface area contributed by atoms with Crippen LogP contribution in [0.4, 0.5) is 4.39 Å². The molecule has 146 valence electrons. The number of aliphatic hydroxyl groups excluding tert-OH is 1. The van der Waals surface area contributed by atoms with Crippen LogP contribution in [0.25, 0.3) is 5.76 Å². The number of carbonyl (C=O) groups excluding carboxylic acids is 2. The first-order chi connectivity index (χ1) is 13.4. The minimum Gasteiger partial charge on any atom is -0.507 e. The molecule has 0 radical (unpaired) electrons. The highest BCUT2D eigenvalue weighted by Gasteiger charge is 2.45. The van der Waals surface area contributed by atoms with E-state index in [1.165, 1.54) is 29.2 Å². The van der Waals surface area contributed by atoms with Crippen molar-refractivity contribution in [2.45, 2.75) is 12.5 Å². The Kier molecular flexibility index (Phi) is 5.84. The van der Waals surface area contributed by atoms with E-state index in [2.05, 4.69) is 4.98 Å². The van der Waals surface area contributed by atoms with Crippen molar-refractivity contribution in [3.63, 3.8) is 0 Å². The number of Topliss-reactive ketones (excluding diaryl/α,β-unsaturated/α-hetero) is 1. The standard InChI is InChI=1S/C21H22FN3O3/c1-24(2)12-3-13-25-18(14-8-10-23-11-9-14)17(20(27)21(25)28)19(26)15-4-6-16(22)7-5-15/h4-11,18,26H,3,12-13H2,1-2H3/t18-/m0/s1. The van der Waals surface area contributed by atoms with Gasteiger partial charge in [-0.1, -0.05) is 0 Å². The molecule has 1 aliphatic rings. The van der Waals surface area contributed by atoms with Crippen molar-refractivity contribution in [2.75, 3.05) is 27.2 Å². The summed E-state index contributed by atoms with van der Waals surface area (Å²) in [7, 11) is 3.87. The lowest BCUT2D eigenvalue weighted by Gasteiger charge is -2.25. The van der Waals surface area contributed by atoms with Gasteiger partial charge in [0.2, 0.25) is 0 Å². The van der Waals surface area contributed by atoms with E-state index < -0.39 is 23.5 Å². The Labute approximate surface area is 162 Å². The van der Waals surface area contributed by atoms with Gasteiger partial charge in [-0.25, -0.2) is 4.39 Å². The summed E-state index contributed by atoms with van der Waals surface area (Å²) in [5, 5.41) is 10.8. The van der Waals surface area contributed by atoms with Crippen LogP contribution in [0.15, 0.2) is 54.4 Å². The number of pyridine rings is 1. The van der Waals surface area contributed by atoms with E-state index in [1.54, 1.807) is 24.5 Å². The van der Waals surface area contributed by atoms with Gasteiger partial charge in [0.25, 0.3) is 11.7 Å². The van der Waals surface area contributed by atoms with Crippen LogP contribution in [0.2, 0.25) is 0 Å². The van der Waals surface area contributed by atoms with Gasteiger partial charge in [0.05, 0.1) is 11.6 Å². The molecule has 1 aliphatic heterocycles. The van der Waals surface area contributed by atoms with Crippen molar-refractivity contribution < 1.29 is 19.1 Å². The van der Waals surface area contributed by atoms with Crippen molar-refractivity contribution in [1.29, 1.82) is 0 Å². The molecule has 0 unspecified atom stereocenters. The summed E-state index contributed by atoms with van der Waals surface area (Å²) < 4.78 is 13.2. The Balaban J connectivity index is 2.06. The number of benzene rings is 1. The molecule has 1 aromatic heterocycles. The predicted octanol–water partition coefficient (Wildman–Crippen LogP) is 2.59. The zero-order valence-electron chi connectivity index (χ0n) is 15.8. The molecule has 6 nitrogen and oxygen atoms in total. The number of rotatable bonds is 6. The van der Waals surface area contributed by atoms with Crippen molar-refractivity contribution in [1.82, 2.24) is 14.8 Å². The second-order valence-electron chi connectivity index (χ2n) is 6.94. The Morgan fingerprint density at radius 2 is 1.79 bits per heavy atom. The minimum absolute atomic E-state index is 0.00709. The van der Waals surface area contributed by atoms with Crippen LogP contribution in [0.1, 0.15) is 23.6 Å². The fourth-order valence-corrected chi connectivity index (χ4v) is 3.32. The maximum Gasteiger partial charge on any atom is 0.295 e. The molecule has 7 heteroatoms. The molecular weight excluding hydrogens is 361 g/mol. The lowest BCUT2D eigenvalue weighted by Crippen LogP contribution is -2.32. The molecule has 2 aromatic rings. The molecule has 1 atom stereocenters. The van der Waals surface area contributed by atoms with Crippen molar-refractivity contribution >= 4 is 17.4 Å². The van der Waals surface area contributed by atoms with Gasteiger partial charge >= 0.3 is 0 Å². The normalized spacial score (nSPS) is 18.9. The van der Waals surface area contributed by atoms with E-state index in [-0.39, 0.29) is 16.9 Å². The Morgan fingerprint density at radius 3 is 2.39 bits per heavy atom. The SMILES string of the molecule is CN(C)CCCN1C(=O)C(=O)C(=C(O)c2ccc(F)cc2)[C@@H]1c1ccncc1. The highest BCUT2D eigenvalue weighted by molar-refractivity contribution is 6.46. The van der Waals surface area contributed by atoms with E-state index in [4.69, 9.17) is 0 Å². The lowest BCUT2D eigenvalue weighted by molar-refractivity contribution is -0.139. The van der Waals surface area contributed by atoms with E-state index in [0.29, 0.717) is 18.5 Å². The summed E-state index contributed by atoms with van der Waals surface area (Å²) in [5.74, 6) is -2.15. The van der Waals surface area contributed by atoms with Gasteiger partial charge in [0.15, 0.2) is 0 Å². The molecule has 28 heavy (non-hydrogen) atoms. The maximum atomic E-state index is 13.2. The van der Waals surface area contributed by atoms with Gasteiger partial charge in [-0.05, 0) is 69.0 Å². The van der Waals surface area contributed by atoms with Crippen LogP contribution in [0, 0.1) is 5.82 Å². The van der Waals surface area contributed by atoms with Crippen molar-refractivity contribution in [3.05, 3.63) is 71.3 Å². The first-order valence-electron chi connectivity index (χ1n) is 8.99. The van der Waals surface area contributed by atoms with E-state index in [9.17, 15) is 19.1 Å². The second kappa shape index (κ2) is 8.31. The first kappa shape index (κ1) is 19.7. The van der Waals surface area contributed by atoms with Crippen molar-refractivity contribution in [2.24, 2.45) is 0 Å². The number of aromatic nitrogens is 1. The molecular formula is C21H22FN3O3. The Morgan fingerprint density at radius 1 is 1.14 bits per heavy atom. The molecule has 0 saturated carbocycles. The average Bonchev–Trinajstić information content (AvgIpc) is 2.93. The quantitative estimate of drug-likeness (QED) is 0.472. The third kappa shape index (κ3) is 3.94. The third-order valence-electron chi connectivity index (χ3n) is 4.68. The van der Waals surface area contributed by atoms with E-state index in [0.717, 1.165) is 6.54 Å². The number of amides is 1. The molecule has 3 rings (SSSR count). The van der Waals surface area contributed by atoms with Crippen LogP contribution < -0.4 is 0 Å². The van der Waals surface area contributed by atoms with Crippen LogP contribution in [0.5, 0.6) is 0 Å². The van der Waals surface area contributed by atoms with E-state index >= 15 is 0 Å². The number of carbonyl (C=O) groups is 2. The zero-order valence-corrected chi connectivity index (χ0v) is 15.8. The van der Waals surface area contributed by atoms with Gasteiger partial charge in [0, 0.05) is 24.5 Å². The van der Waals surface area contributed by atoms with Gasteiger partial charge in [-0.2, -0.15) is 0 Å². The van der Waals surface area contributed by atoms with Gasteiger partial charge < -0.3 is 14.9 Å². The molecule has 1 saturated heterocycles. The van der Waals surface area contributed by atoms with Crippen LogP contribution in [-0.4, -0.2) is 58.8 Å². The monoisotopic (exact) mass is 383 g/mol. The fraction of sp³-hybridized carbons (Fsp3) is 0.286. The number of ketones is 1. The zero-order chi connectivity index (χ0) is 20.3. The molecule has 1 aromatic carbocycles. The molecule has 0 spiro atoms. The lowest BCUT2D eigenvalue weighted by atomic mass is 9.96. The summed E-state index contributed by atoms with van der Waals surface area (Å²) >= 11 is 0. The van der Waals surface area contributed by atoms with Crippen molar-refractivity contribution in [3.8, 4) is 0 Å². The number of hydrogen-bond acceptors (Lipinski definition) is 5. The minimum atomic E-state index is -0.742. The Hall–Kier alpha value is -3.06. The van der Waals surface area contributed by atoms with E-state index in [1.807, 2.05) is 19.0 Å². The molecule has 1 fully saturated rings. The first-order valence-corrected chi connectivity index (χ1v) is 8.99. The maximum absolute atomic E-state index is 13.2. The second-order valence-corrected chi connectivity index (χ2v) is 6.94. The number of nitrogens with zero attached hydrogens (tertiary/aromatic N) is 3. The van der Waals surface area contributed by atoms with Crippen LogP contribution in [0.3, 0.4) is 0 Å². The predicted molar refractivity (Wildman–Crippen MR) is 103 cm³/mol. The van der Waals surface area contributed by atoms with Gasteiger partial charge in [-0.15, -0.1) is 0 Å². The third-order valence-corrected chi connectivity index (χ3v) is 4.68. The summed E-state index contributed by atoms with van der Waals surface area (Å²) in [6.45, 7) is 1.12. The van der Waals surface area contributed by atoms with Gasteiger partial charge in [0.1, 0.15) is 11.6 Å². The Bertz CT molecular complexity index is 895. The topological polar surface area (TPSA) is 73.7 Å². The van der Waals surface area contributed by atoms with Crippen LogP contribution in [-0.2, 0) is 9.59 Å². The molecule has 1 N–H and O–H groups in total. The average molecular weight is 383 g/mol. The fourth-order valence-electron chi connectivity index (χ4n) is 3.32. The highest BCUT2D eigenvalue weighted by Crippen LogP contribution is 2.39. The number of aliphatic hydroxyl groups is 1. The van der Waals surface area contributed by atoms with Gasteiger partial charge in [-0.3, -0.25) is 14.6 Å².